The van der Waals surface area contributed by atoms with E-state index in [1.165, 1.54) is 0 Å². The molecule has 232 valence electrons. The Labute approximate surface area is 255 Å². The fraction of sp³-hybridized carbons (Fsp3) is 0.471. The number of pyridine rings is 2. The quantitative estimate of drug-likeness (QED) is 0.321. The standard InChI is InChI=1S/C34H38N2O8/c1-33(2)24-18(22-27(43-33)16-10-12-20(39-6)29(41-8)25(16)35(4)31(22)37)14-34(3)15-19(24)23-28(44-34)17-11-13-21(40-7)30(42-9)26(17)36(5)32(23)38/h10-13,18-19,24H,14-15H2,1-9H3/t18-,19+,24-,34-/m1/s1. The Hall–Kier alpha value is -4.34. The highest BCUT2D eigenvalue weighted by Gasteiger charge is 2.59. The van der Waals surface area contributed by atoms with Gasteiger partial charge in [-0.2, -0.15) is 0 Å². The summed E-state index contributed by atoms with van der Waals surface area (Å²) in [6.07, 6.45) is 1.22. The Morgan fingerprint density at radius 3 is 1.52 bits per heavy atom. The van der Waals surface area contributed by atoms with Gasteiger partial charge in [-0.25, -0.2) is 0 Å². The summed E-state index contributed by atoms with van der Waals surface area (Å²) in [6.45, 7) is 6.22. The molecule has 0 radical (unpaired) electrons. The number of rotatable bonds is 4. The van der Waals surface area contributed by atoms with Crippen LogP contribution in [-0.4, -0.2) is 48.8 Å². The molecule has 2 bridgehead atoms. The van der Waals surface area contributed by atoms with Crippen LogP contribution in [0.4, 0.5) is 0 Å². The van der Waals surface area contributed by atoms with E-state index in [-0.39, 0.29) is 28.9 Å². The minimum absolute atomic E-state index is 0.156. The second kappa shape index (κ2) is 9.33. The lowest BCUT2D eigenvalue weighted by Crippen LogP contribution is -2.58. The van der Waals surface area contributed by atoms with Gasteiger partial charge >= 0.3 is 0 Å². The third-order valence-corrected chi connectivity index (χ3v) is 10.2. The normalized spacial score (nSPS) is 24.4. The minimum Gasteiger partial charge on any atom is -0.493 e. The van der Waals surface area contributed by atoms with Gasteiger partial charge in [0.25, 0.3) is 11.1 Å². The van der Waals surface area contributed by atoms with Gasteiger partial charge in [0, 0.05) is 42.6 Å². The maximum Gasteiger partial charge on any atom is 0.258 e. The van der Waals surface area contributed by atoms with Gasteiger partial charge in [-0.05, 0) is 57.9 Å². The Kier molecular flexibility index (Phi) is 6.03. The van der Waals surface area contributed by atoms with Gasteiger partial charge in [0.15, 0.2) is 23.0 Å². The molecule has 0 amide bonds. The largest absolute Gasteiger partial charge is 0.493 e. The molecule has 0 spiro atoms. The van der Waals surface area contributed by atoms with E-state index in [1.807, 2.05) is 24.3 Å². The lowest BCUT2D eigenvalue weighted by molar-refractivity contribution is -0.0798. The Morgan fingerprint density at radius 2 is 1.11 bits per heavy atom. The van der Waals surface area contributed by atoms with Crippen molar-refractivity contribution >= 4 is 21.8 Å². The number of aryl methyl sites for hydroxylation is 2. The van der Waals surface area contributed by atoms with Crippen LogP contribution in [0.5, 0.6) is 34.5 Å². The van der Waals surface area contributed by atoms with E-state index in [1.54, 1.807) is 51.7 Å². The van der Waals surface area contributed by atoms with Crippen LogP contribution >= 0.6 is 0 Å². The zero-order valence-electron chi connectivity index (χ0n) is 26.6. The summed E-state index contributed by atoms with van der Waals surface area (Å²) >= 11 is 0. The van der Waals surface area contributed by atoms with Crippen molar-refractivity contribution in [3.8, 4) is 34.5 Å². The molecular weight excluding hydrogens is 564 g/mol. The molecule has 0 unspecified atom stereocenters. The third-order valence-electron chi connectivity index (χ3n) is 10.2. The first-order valence-corrected chi connectivity index (χ1v) is 14.8. The zero-order valence-corrected chi connectivity index (χ0v) is 26.6. The molecule has 1 saturated carbocycles. The van der Waals surface area contributed by atoms with Crippen LogP contribution in [0.25, 0.3) is 21.8 Å². The predicted molar refractivity (Wildman–Crippen MR) is 167 cm³/mol. The van der Waals surface area contributed by atoms with E-state index in [0.717, 1.165) is 10.8 Å². The molecule has 7 rings (SSSR count). The van der Waals surface area contributed by atoms with Crippen LogP contribution in [0.1, 0.15) is 56.6 Å². The van der Waals surface area contributed by atoms with Gasteiger partial charge in [0.1, 0.15) is 33.7 Å². The van der Waals surface area contributed by atoms with E-state index < -0.39 is 11.2 Å². The van der Waals surface area contributed by atoms with E-state index in [2.05, 4.69) is 20.8 Å². The van der Waals surface area contributed by atoms with Gasteiger partial charge in [0.05, 0.1) is 39.6 Å². The highest BCUT2D eigenvalue weighted by Crippen LogP contribution is 2.63. The second-order valence-electron chi connectivity index (χ2n) is 13.0. The highest BCUT2D eigenvalue weighted by molar-refractivity contribution is 5.95. The molecule has 1 fully saturated rings. The van der Waals surface area contributed by atoms with Crippen molar-refractivity contribution in [3.63, 3.8) is 0 Å². The number of nitrogens with zero attached hydrogens (tertiary/aromatic N) is 2. The van der Waals surface area contributed by atoms with Crippen molar-refractivity contribution < 1.29 is 28.4 Å². The number of fused-ring (bicyclic) bond motifs is 12. The van der Waals surface area contributed by atoms with Crippen LogP contribution in [0.15, 0.2) is 33.9 Å². The number of methoxy groups -OCH3 is 4. The smallest absolute Gasteiger partial charge is 0.258 e. The lowest BCUT2D eigenvalue weighted by atomic mass is 9.56. The maximum atomic E-state index is 14.3. The van der Waals surface area contributed by atoms with E-state index in [4.69, 9.17) is 28.4 Å². The van der Waals surface area contributed by atoms with Gasteiger partial charge in [-0.3, -0.25) is 9.59 Å². The highest BCUT2D eigenvalue weighted by atomic mass is 16.5. The van der Waals surface area contributed by atoms with Crippen molar-refractivity contribution in [1.29, 1.82) is 0 Å². The molecule has 2 aliphatic heterocycles. The van der Waals surface area contributed by atoms with Crippen LogP contribution in [-0.2, 0) is 14.1 Å². The number of benzene rings is 2. The molecule has 2 aromatic carbocycles. The number of hydrogen-bond acceptors (Lipinski definition) is 8. The van der Waals surface area contributed by atoms with Crippen molar-refractivity contribution in [2.45, 2.75) is 56.7 Å². The monoisotopic (exact) mass is 602 g/mol. The zero-order chi connectivity index (χ0) is 31.5. The minimum atomic E-state index is -0.720. The molecule has 4 atom stereocenters. The summed E-state index contributed by atoms with van der Waals surface area (Å²) in [7, 11) is 9.79. The van der Waals surface area contributed by atoms with E-state index in [9.17, 15) is 9.59 Å². The molecule has 0 saturated heterocycles. The van der Waals surface area contributed by atoms with Crippen LogP contribution in [0.3, 0.4) is 0 Å². The Bertz CT molecular complexity index is 1890. The first-order valence-electron chi connectivity index (χ1n) is 14.8. The molecule has 4 heterocycles. The fourth-order valence-electron chi connectivity index (χ4n) is 8.52. The molecule has 1 aliphatic carbocycles. The van der Waals surface area contributed by atoms with Crippen LogP contribution < -0.4 is 39.5 Å². The van der Waals surface area contributed by atoms with Crippen molar-refractivity contribution in [1.82, 2.24) is 9.13 Å². The maximum absolute atomic E-state index is 14.3. The topological polar surface area (TPSA) is 99.4 Å². The van der Waals surface area contributed by atoms with Crippen molar-refractivity contribution in [3.05, 3.63) is 56.1 Å². The molecule has 4 aromatic rings. The Balaban J connectivity index is 1.51. The van der Waals surface area contributed by atoms with Crippen molar-refractivity contribution in [2.75, 3.05) is 28.4 Å². The van der Waals surface area contributed by atoms with Gasteiger partial charge in [-0.15, -0.1) is 0 Å². The van der Waals surface area contributed by atoms with Crippen LogP contribution in [0, 0.1) is 5.92 Å². The molecule has 10 heteroatoms. The summed E-state index contributed by atoms with van der Waals surface area (Å²) in [5.41, 5.74) is 0.791. The lowest BCUT2D eigenvalue weighted by Gasteiger charge is -2.57. The Morgan fingerprint density at radius 1 is 0.682 bits per heavy atom. The molecule has 44 heavy (non-hydrogen) atoms. The molecule has 2 aromatic heterocycles. The molecule has 3 aliphatic rings. The average molecular weight is 603 g/mol. The van der Waals surface area contributed by atoms with E-state index in [0.29, 0.717) is 69.5 Å². The van der Waals surface area contributed by atoms with Gasteiger partial charge in [0.2, 0.25) is 0 Å². The van der Waals surface area contributed by atoms with Gasteiger partial charge in [-0.1, -0.05) is 0 Å². The number of ether oxygens (including phenoxy) is 6. The molecular formula is C34H38N2O8. The van der Waals surface area contributed by atoms with E-state index >= 15 is 0 Å². The summed E-state index contributed by atoms with van der Waals surface area (Å²) in [6, 6.07) is 7.53. The first kappa shape index (κ1) is 28.4. The summed E-state index contributed by atoms with van der Waals surface area (Å²) < 4.78 is 39.5. The van der Waals surface area contributed by atoms with Crippen LogP contribution in [0.2, 0.25) is 0 Å². The summed E-state index contributed by atoms with van der Waals surface area (Å²) in [4.78, 5) is 28.6. The third kappa shape index (κ3) is 3.53. The molecule has 10 nitrogen and oxygen atoms in total. The first-order chi connectivity index (χ1) is 20.9. The van der Waals surface area contributed by atoms with Crippen molar-refractivity contribution in [2.24, 2.45) is 20.0 Å². The summed E-state index contributed by atoms with van der Waals surface area (Å²) in [5, 5.41) is 1.56. The fourth-order valence-corrected chi connectivity index (χ4v) is 8.52. The predicted octanol–water partition coefficient (Wildman–Crippen LogP) is 5.02. The SMILES string of the molecule is COc1ccc2c3c(c(=O)n(C)c2c1OC)[C@H]1C[C@]2(C)C[C@@H](c4c(c5ccc(OC)c(OC)c5n(C)c4=O)O2)[C@@H]1C(C)(C)O3. The number of aromatic nitrogens is 2. The summed E-state index contributed by atoms with van der Waals surface area (Å²) in [5.74, 6) is 2.56. The second-order valence-corrected chi connectivity index (χ2v) is 13.0. The molecule has 0 N–H and O–H groups in total. The van der Waals surface area contributed by atoms with Gasteiger partial charge < -0.3 is 37.6 Å². The average Bonchev–Trinajstić information content (AvgIpc) is 2.99. The number of hydrogen-bond donors (Lipinski definition) is 0.